The van der Waals surface area contributed by atoms with E-state index in [-0.39, 0.29) is 0 Å². The third-order valence-electron chi connectivity index (χ3n) is 4.60. The van der Waals surface area contributed by atoms with Gasteiger partial charge in [0.2, 0.25) is 0 Å². The molecular weight excluding hydrogens is 144 g/mol. The van der Waals surface area contributed by atoms with Crippen LogP contribution in [0.1, 0.15) is 39.0 Å². The van der Waals surface area contributed by atoms with E-state index < -0.39 is 0 Å². The van der Waals surface area contributed by atoms with Crippen molar-refractivity contribution in [3.8, 4) is 0 Å². The van der Waals surface area contributed by atoms with Crippen LogP contribution in [0.4, 0.5) is 0 Å². The molecule has 0 nitrogen and oxygen atoms in total. The van der Waals surface area contributed by atoms with Crippen LogP contribution in [-0.4, -0.2) is 0 Å². The highest BCUT2D eigenvalue weighted by atomic mass is 14.9. The molecule has 0 heteroatoms. The van der Waals surface area contributed by atoms with Crippen molar-refractivity contribution in [3.63, 3.8) is 0 Å². The van der Waals surface area contributed by atoms with Crippen molar-refractivity contribution in [2.24, 2.45) is 23.2 Å². The molecule has 0 amide bonds. The minimum absolute atomic E-state index is 0.867. The first-order chi connectivity index (χ1) is 5.80. The maximum Gasteiger partial charge on any atom is -0.0164 e. The monoisotopic (exact) mass is 162 g/mol. The second-order valence-electron chi connectivity index (χ2n) is 5.11. The summed E-state index contributed by atoms with van der Waals surface area (Å²) in [4.78, 5) is 0. The van der Waals surface area contributed by atoms with Crippen LogP contribution in [0, 0.1) is 23.2 Å². The Bertz CT molecular complexity index is 217. The van der Waals surface area contributed by atoms with Crippen LogP contribution in [0.5, 0.6) is 0 Å². The molecule has 4 aliphatic carbocycles. The molecule has 0 saturated heterocycles. The molecule has 0 aromatic carbocycles. The summed E-state index contributed by atoms with van der Waals surface area (Å²) in [7, 11) is 0. The van der Waals surface area contributed by atoms with Gasteiger partial charge in [-0.1, -0.05) is 25.5 Å². The standard InChI is InChI=1S/C12H18/c1-3-4-8(2)7-12-9-5-6-10(12)11(9)12/h9-11H,2-7H2,1H3. The Hall–Kier alpha value is -0.260. The quantitative estimate of drug-likeness (QED) is 0.556. The van der Waals surface area contributed by atoms with E-state index in [1.54, 1.807) is 12.8 Å². The van der Waals surface area contributed by atoms with Crippen LogP contribution >= 0.6 is 0 Å². The second-order valence-corrected chi connectivity index (χ2v) is 5.11. The van der Waals surface area contributed by atoms with Gasteiger partial charge in [0.25, 0.3) is 0 Å². The maximum absolute atomic E-state index is 4.19. The predicted molar refractivity (Wildman–Crippen MR) is 50.8 cm³/mol. The van der Waals surface area contributed by atoms with Gasteiger partial charge in [0, 0.05) is 0 Å². The molecule has 12 heavy (non-hydrogen) atoms. The summed E-state index contributed by atoms with van der Waals surface area (Å²) in [6, 6.07) is 0. The fourth-order valence-electron chi connectivity index (χ4n) is 4.09. The summed E-state index contributed by atoms with van der Waals surface area (Å²) >= 11 is 0. The first-order valence-corrected chi connectivity index (χ1v) is 5.47. The summed E-state index contributed by atoms with van der Waals surface area (Å²) in [6.07, 6.45) is 7.05. The zero-order valence-electron chi connectivity index (χ0n) is 7.97. The van der Waals surface area contributed by atoms with Crippen LogP contribution in [0.3, 0.4) is 0 Å². The average molecular weight is 162 g/mol. The smallest absolute Gasteiger partial charge is 0.0164 e. The lowest BCUT2D eigenvalue weighted by molar-refractivity contribution is 0.482. The van der Waals surface area contributed by atoms with Crippen molar-refractivity contribution in [2.45, 2.75) is 39.0 Å². The molecule has 4 aliphatic rings. The minimum atomic E-state index is 0.867. The molecule has 0 radical (unpaired) electrons. The third kappa shape index (κ3) is 0.616. The normalized spacial score (nSPS) is 51.9. The molecule has 66 valence electrons. The molecule has 4 rings (SSSR count). The van der Waals surface area contributed by atoms with E-state index in [0.29, 0.717) is 0 Å². The molecule has 0 aromatic rings. The molecule has 0 N–H and O–H groups in total. The lowest BCUT2D eigenvalue weighted by atomic mass is 9.96. The largest absolute Gasteiger partial charge is 0.0998 e. The van der Waals surface area contributed by atoms with Gasteiger partial charge >= 0.3 is 0 Å². The number of fused-ring (bicyclic) bond motifs is 1. The Morgan fingerprint density at radius 2 is 2.08 bits per heavy atom. The van der Waals surface area contributed by atoms with Crippen LogP contribution in [0.2, 0.25) is 0 Å². The highest BCUT2D eigenvalue weighted by Gasteiger charge is 2.87. The molecule has 4 saturated carbocycles. The van der Waals surface area contributed by atoms with Gasteiger partial charge in [-0.3, -0.25) is 0 Å². The van der Waals surface area contributed by atoms with E-state index in [1.165, 1.54) is 30.8 Å². The second kappa shape index (κ2) is 1.97. The Balaban J connectivity index is 1.61. The lowest BCUT2D eigenvalue weighted by Gasteiger charge is -2.09. The highest BCUT2D eigenvalue weighted by Crippen LogP contribution is 2.93. The van der Waals surface area contributed by atoms with Crippen molar-refractivity contribution >= 4 is 0 Å². The van der Waals surface area contributed by atoms with Gasteiger partial charge in [0.1, 0.15) is 0 Å². The van der Waals surface area contributed by atoms with Crippen LogP contribution in [-0.2, 0) is 0 Å². The molecule has 2 bridgehead atoms. The van der Waals surface area contributed by atoms with Gasteiger partial charge in [-0.2, -0.15) is 0 Å². The summed E-state index contributed by atoms with van der Waals surface area (Å²) in [5.41, 5.74) is 2.40. The van der Waals surface area contributed by atoms with Crippen LogP contribution < -0.4 is 0 Å². The van der Waals surface area contributed by atoms with E-state index in [4.69, 9.17) is 0 Å². The van der Waals surface area contributed by atoms with Crippen molar-refractivity contribution in [1.82, 2.24) is 0 Å². The Labute approximate surface area is 75.0 Å². The molecule has 2 unspecified atom stereocenters. The SMILES string of the molecule is C=C(CCC)CC12C3CCC1C32. The number of allylic oxidation sites excluding steroid dienone is 1. The van der Waals surface area contributed by atoms with E-state index >= 15 is 0 Å². The lowest BCUT2D eigenvalue weighted by Crippen LogP contribution is -1.99. The molecule has 4 fully saturated rings. The first-order valence-electron chi connectivity index (χ1n) is 5.47. The highest BCUT2D eigenvalue weighted by molar-refractivity contribution is 5.37. The number of hydrogen-bond acceptors (Lipinski definition) is 0. The zero-order valence-corrected chi connectivity index (χ0v) is 7.97. The van der Waals surface area contributed by atoms with Gasteiger partial charge in [-0.25, -0.2) is 0 Å². The Kier molecular flexibility index (Phi) is 1.18. The van der Waals surface area contributed by atoms with Crippen molar-refractivity contribution < 1.29 is 0 Å². The Morgan fingerprint density at radius 3 is 2.58 bits per heavy atom. The van der Waals surface area contributed by atoms with Gasteiger partial charge in [-0.15, -0.1) is 0 Å². The predicted octanol–water partition coefficient (Wildman–Crippen LogP) is 3.39. The zero-order chi connectivity index (χ0) is 8.34. The summed E-state index contributed by atoms with van der Waals surface area (Å²) < 4.78 is 0. The van der Waals surface area contributed by atoms with Crippen molar-refractivity contribution in [1.29, 1.82) is 0 Å². The van der Waals surface area contributed by atoms with E-state index in [1.807, 2.05) is 0 Å². The van der Waals surface area contributed by atoms with Gasteiger partial charge in [0.15, 0.2) is 0 Å². The fraction of sp³-hybridized carbons (Fsp3) is 0.833. The molecule has 0 spiro atoms. The summed E-state index contributed by atoms with van der Waals surface area (Å²) in [6.45, 7) is 6.45. The van der Waals surface area contributed by atoms with Crippen LogP contribution in [0.15, 0.2) is 12.2 Å². The topological polar surface area (TPSA) is 0 Å². The average Bonchev–Trinajstić information content (AvgIpc) is 2.71. The molecule has 2 atom stereocenters. The van der Waals surface area contributed by atoms with Crippen molar-refractivity contribution in [3.05, 3.63) is 12.2 Å². The fourth-order valence-corrected chi connectivity index (χ4v) is 4.09. The molecule has 0 aliphatic heterocycles. The minimum Gasteiger partial charge on any atom is -0.0998 e. The molecule has 0 aromatic heterocycles. The Morgan fingerprint density at radius 1 is 1.42 bits per heavy atom. The van der Waals surface area contributed by atoms with E-state index in [2.05, 4.69) is 13.5 Å². The van der Waals surface area contributed by atoms with Gasteiger partial charge in [0.05, 0.1) is 0 Å². The summed E-state index contributed by atoms with van der Waals surface area (Å²) in [5.74, 6) is 3.51. The number of rotatable bonds is 4. The van der Waals surface area contributed by atoms with Gasteiger partial charge < -0.3 is 0 Å². The first kappa shape index (κ1) is 7.17. The van der Waals surface area contributed by atoms with E-state index in [9.17, 15) is 0 Å². The van der Waals surface area contributed by atoms with E-state index in [0.717, 1.165) is 17.3 Å². The third-order valence-corrected chi connectivity index (χ3v) is 4.60. The molecular formula is C12H18. The summed E-state index contributed by atoms with van der Waals surface area (Å²) in [5, 5.41) is 0. The van der Waals surface area contributed by atoms with Crippen LogP contribution in [0.25, 0.3) is 0 Å². The number of hydrogen-bond donors (Lipinski definition) is 0. The maximum atomic E-state index is 4.19. The van der Waals surface area contributed by atoms with Gasteiger partial charge in [-0.05, 0) is 48.9 Å². The molecule has 0 heterocycles. The van der Waals surface area contributed by atoms with Crippen molar-refractivity contribution in [2.75, 3.05) is 0 Å².